The first-order chi connectivity index (χ1) is 14.6. The Hall–Kier alpha value is -3.95. The highest BCUT2D eigenvalue weighted by Gasteiger charge is 2.22. The van der Waals surface area contributed by atoms with Crippen molar-refractivity contribution in [1.29, 1.82) is 0 Å². The smallest absolute Gasteiger partial charge is 0.411 e. The molecule has 1 amide bonds. The Bertz CT molecular complexity index is 1240. The fraction of sp³-hybridized carbons (Fsp3) is 0.250. The van der Waals surface area contributed by atoms with Crippen molar-refractivity contribution in [2.24, 2.45) is 0 Å². The number of anilines is 2. The number of aryl methyl sites for hydroxylation is 1. The zero-order chi connectivity index (χ0) is 20.7. The van der Waals surface area contributed by atoms with Crippen molar-refractivity contribution >= 4 is 28.8 Å². The number of fused-ring (bicyclic) bond motifs is 2. The fourth-order valence-corrected chi connectivity index (χ4v) is 3.97. The van der Waals surface area contributed by atoms with Gasteiger partial charge in [-0.15, -0.1) is 5.10 Å². The second-order valence-electron chi connectivity index (χ2n) is 7.44. The number of aromatic nitrogens is 6. The third kappa shape index (κ3) is 3.32. The molecule has 30 heavy (non-hydrogen) atoms. The molecule has 0 aliphatic carbocycles. The third-order valence-corrected chi connectivity index (χ3v) is 5.32. The summed E-state index contributed by atoms with van der Waals surface area (Å²) >= 11 is 0. The first-order valence-corrected chi connectivity index (χ1v) is 9.66. The summed E-state index contributed by atoms with van der Waals surface area (Å²) < 4.78 is 1.84. The van der Waals surface area contributed by atoms with Gasteiger partial charge in [0.25, 0.3) is 0 Å². The maximum absolute atomic E-state index is 11.5. The lowest BCUT2D eigenvalue weighted by molar-refractivity contribution is 0.201. The molecule has 0 saturated carbocycles. The molecule has 10 heteroatoms. The summed E-state index contributed by atoms with van der Waals surface area (Å²) in [5, 5.41) is 24.6. The summed E-state index contributed by atoms with van der Waals surface area (Å²) in [7, 11) is 0. The molecule has 3 aromatic heterocycles. The summed E-state index contributed by atoms with van der Waals surface area (Å²) in [6, 6.07) is 7.80. The Morgan fingerprint density at radius 3 is 3.03 bits per heavy atom. The van der Waals surface area contributed by atoms with E-state index in [1.807, 2.05) is 35.3 Å². The van der Waals surface area contributed by atoms with E-state index in [-0.39, 0.29) is 0 Å². The molecular formula is C20H20N8O2. The van der Waals surface area contributed by atoms with Gasteiger partial charge in [0.05, 0.1) is 18.4 Å². The van der Waals surface area contributed by atoms with Crippen molar-refractivity contribution in [3.63, 3.8) is 0 Å². The normalized spacial score (nSPS) is 13.5. The van der Waals surface area contributed by atoms with Gasteiger partial charge in [0, 0.05) is 19.2 Å². The number of carboxylic acid groups (broad SMARTS) is 1. The lowest BCUT2D eigenvalue weighted by Gasteiger charge is -2.27. The number of pyridine rings is 1. The van der Waals surface area contributed by atoms with Gasteiger partial charge < -0.3 is 10.8 Å². The van der Waals surface area contributed by atoms with Crippen molar-refractivity contribution in [3.05, 3.63) is 58.9 Å². The van der Waals surface area contributed by atoms with Gasteiger partial charge in [-0.05, 0) is 47.2 Å². The summed E-state index contributed by atoms with van der Waals surface area (Å²) in [6.07, 6.45) is 5.22. The largest absolute Gasteiger partial charge is 0.465 e. The molecule has 10 nitrogen and oxygen atoms in total. The number of benzene rings is 1. The van der Waals surface area contributed by atoms with Crippen LogP contribution in [0.25, 0.3) is 11.2 Å². The minimum absolute atomic E-state index is 0.410. The number of hydrogen-bond acceptors (Lipinski definition) is 6. The Morgan fingerprint density at radius 1 is 1.27 bits per heavy atom. The minimum Gasteiger partial charge on any atom is -0.465 e. The summed E-state index contributed by atoms with van der Waals surface area (Å²) in [5.74, 6) is 0.410. The van der Waals surface area contributed by atoms with Crippen LogP contribution in [0.5, 0.6) is 0 Å². The van der Waals surface area contributed by atoms with Gasteiger partial charge in [-0.3, -0.25) is 9.58 Å². The molecule has 1 aliphatic heterocycles. The van der Waals surface area contributed by atoms with Gasteiger partial charge in [-0.1, -0.05) is 17.3 Å². The summed E-state index contributed by atoms with van der Waals surface area (Å²) in [6.45, 7) is 1.09. The standard InChI is InChI=1S/C20H20N8O2/c21-17-8-15(18-19(23-17)25-26-24-18)6-13-9-22-27(11-13)10-12-3-4-14-2-1-5-28(20(29)30)16(14)7-12/h3-4,7-9,11H,1-2,5-6,10H2,(H,29,30)(H3,21,23,24,25,26). The number of amides is 1. The number of aromatic amines is 1. The molecule has 0 bridgehead atoms. The maximum Gasteiger partial charge on any atom is 0.411 e. The molecule has 0 fully saturated rings. The summed E-state index contributed by atoms with van der Waals surface area (Å²) in [5.41, 5.74) is 11.9. The van der Waals surface area contributed by atoms with E-state index >= 15 is 0 Å². The van der Waals surface area contributed by atoms with Crippen molar-refractivity contribution in [3.8, 4) is 0 Å². The molecule has 4 N–H and O–H groups in total. The lowest BCUT2D eigenvalue weighted by Crippen LogP contribution is -2.34. The molecular weight excluding hydrogens is 384 g/mol. The predicted molar refractivity (Wildman–Crippen MR) is 110 cm³/mol. The molecule has 4 aromatic rings. The van der Waals surface area contributed by atoms with Gasteiger partial charge in [-0.2, -0.15) is 5.10 Å². The zero-order valence-corrected chi connectivity index (χ0v) is 16.1. The molecule has 0 spiro atoms. The second kappa shape index (κ2) is 7.14. The van der Waals surface area contributed by atoms with Gasteiger partial charge in [-0.25, -0.2) is 14.9 Å². The molecule has 1 aliphatic rings. The summed E-state index contributed by atoms with van der Waals surface area (Å²) in [4.78, 5) is 17.2. The maximum atomic E-state index is 11.5. The molecule has 0 radical (unpaired) electrons. The number of nitrogens with zero attached hydrogens (tertiary/aromatic N) is 6. The highest BCUT2D eigenvalue weighted by Crippen LogP contribution is 2.28. The number of hydrogen-bond donors (Lipinski definition) is 3. The minimum atomic E-state index is -0.912. The van der Waals surface area contributed by atoms with Crippen LogP contribution in [0.1, 0.15) is 28.7 Å². The van der Waals surface area contributed by atoms with Crippen LogP contribution >= 0.6 is 0 Å². The molecule has 152 valence electrons. The van der Waals surface area contributed by atoms with E-state index in [1.165, 1.54) is 4.90 Å². The van der Waals surface area contributed by atoms with Crippen LogP contribution in [-0.4, -0.2) is 47.9 Å². The van der Waals surface area contributed by atoms with E-state index in [1.54, 1.807) is 6.07 Å². The molecule has 4 heterocycles. The number of nitrogen functional groups attached to an aromatic ring is 1. The predicted octanol–water partition coefficient (Wildman–Crippen LogP) is 2.20. The highest BCUT2D eigenvalue weighted by atomic mass is 16.4. The fourth-order valence-electron chi connectivity index (χ4n) is 3.97. The second-order valence-corrected chi connectivity index (χ2v) is 7.44. The van der Waals surface area contributed by atoms with Crippen molar-refractivity contribution in [2.75, 3.05) is 17.2 Å². The molecule has 0 unspecified atom stereocenters. The number of rotatable bonds is 4. The van der Waals surface area contributed by atoms with Crippen molar-refractivity contribution in [1.82, 2.24) is 30.2 Å². The monoisotopic (exact) mass is 404 g/mol. The third-order valence-electron chi connectivity index (χ3n) is 5.32. The van der Waals surface area contributed by atoms with Crippen LogP contribution in [0, 0.1) is 0 Å². The Balaban J connectivity index is 1.37. The van der Waals surface area contributed by atoms with E-state index in [0.717, 1.165) is 40.8 Å². The topological polar surface area (TPSA) is 139 Å². The quantitative estimate of drug-likeness (QED) is 0.474. The highest BCUT2D eigenvalue weighted by molar-refractivity contribution is 5.87. The van der Waals surface area contributed by atoms with E-state index < -0.39 is 6.09 Å². The van der Waals surface area contributed by atoms with Crippen molar-refractivity contribution in [2.45, 2.75) is 25.8 Å². The Kier molecular flexibility index (Phi) is 4.31. The first-order valence-electron chi connectivity index (χ1n) is 9.66. The Morgan fingerprint density at radius 2 is 2.17 bits per heavy atom. The molecule has 0 atom stereocenters. The van der Waals surface area contributed by atoms with Crippen molar-refractivity contribution < 1.29 is 9.90 Å². The lowest BCUT2D eigenvalue weighted by atomic mass is 10.00. The van der Waals surface area contributed by atoms with E-state index in [2.05, 4.69) is 25.5 Å². The van der Waals surface area contributed by atoms with Gasteiger partial charge in [0.15, 0.2) is 5.65 Å². The van der Waals surface area contributed by atoms with Crippen LogP contribution in [0.15, 0.2) is 36.7 Å². The average molecular weight is 404 g/mol. The number of carbonyl (C=O) groups is 1. The SMILES string of the molecule is Nc1cc(Cc2cnn(Cc3ccc4c(c3)N(C(=O)O)CCC4)c2)c2nn[nH]c2n1. The van der Waals surface area contributed by atoms with Gasteiger partial charge >= 0.3 is 6.09 Å². The van der Waals surface area contributed by atoms with E-state index in [4.69, 9.17) is 5.73 Å². The van der Waals surface area contributed by atoms with Crippen LogP contribution in [0.2, 0.25) is 0 Å². The first kappa shape index (κ1) is 18.1. The van der Waals surface area contributed by atoms with Crippen LogP contribution in [0.4, 0.5) is 16.3 Å². The number of nitrogens with one attached hydrogen (secondary N) is 1. The van der Waals surface area contributed by atoms with Gasteiger partial charge in [0.2, 0.25) is 0 Å². The van der Waals surface area contributed by atoms with Crippen LogP contribution in [0.3, 0.4) is 0 Å². The number of nitrogens with two attached hydrogens (primary N) is 1. The average Bonchev–Trinajstić information content (AvgIpc) is 3.36. The van der Waals surface area contributed by atoms with E-state index in [9.17, 15) is 9.90 Å². The van der Waals surface area contributed by atoms with Crippen LogP contribution in [-0.2, 0) is 19.4 Å². The Labute approximate surface area is 171 Å². The number of H-pyrrole nitrogens is 1. The van der Waals surface area contributed by atoms with E-state index in [0.29, 0.717) is 36.5 Å². The zero-order valence-electron chi connectivity index (χ0n) is 16.1. The molecule has 5 rings (SSSR count). The molecule has 0 saturated heterocycles. The van der Waals surface area contributed by atoms with Crippen LogP contribution < -0.4 is 10.6 Å². The molecule has 1 aromatic carbocycles. The van der Waals surface area contributed by atoms with Gasteiger partial charge in [0.1, 0.15) is 11.3 Å².